The molecule has 0 spiro atoms. The standard InChI is InChI=1S/C39H47F3O/c1-3-5-7-25-43-37-24-23-35(38(41)39(37)42)32-19-15-30(16-20-32)33-21-22-34(36(40)26-33)31-17-13-29(14-18-31)28-11-9-27(10-12-28)8-6-4-2/h4,15-16,19-24,26-29,31H,2-3,5-14,17-18,25H2,1H3. The summed E-state index contributed by atoms with van der Waals surface area (Å²) in [4.78, 5) is 0. The van der Waals surface area contributed by atoms with Gasteiger partial charge in [-0.2, -0.15) is 4.39 Å². The minimum absolute atomic E-state index is 0.0555. The molecule has 5 rings (SSSR count). The van der Waals surface area contributed by atoms with Crippen LogP contribution in [0.1, 0.15) is 102 Å². The Hall–Kier alpha value is -3.01. The number of ether oxygens (including phenoxy) is 1. The smallest absolute Gasteiger partial charge is 0.201 e. The lowest BCUT2D eigenvalue weighted by Gasteiger charge is -2.38. The van der Waals surface area contributed by atoms with Gasteiger partial charge in [-0.1, -0.05) is 75.1 Å². The van der Waals surface area contributed by atoms with Crippen molar-refractivity contribution in [2.24, 2.45) is 17.8 Å². The van der Waals surface area contributed by atoms with Crippen molar-refractivity contribution in [3.05, 3.63) is 90.3 Å². The van der Waals surface area contributed by atoms with Gasteiger partial charge in [0.1, 0.15) is 5.82 Å². The summed E-state index contributed by atoms with van der Waals surface area (Å²) in [6.07, 6.45) is 17.3. The van der Waals surface area contributed by atoms with Gasteiger partial charge in [0.25, 0.3) is 0 Å². The maximum absolute atomic E-state index is 15.4. The molecule has 0 aromatic heterocycles. The number of hydrogen-bond donors (Lipinski definition) is 0. The van der Waals surface area contributed by atoms with E-state index in [0.29, 0.717) is 12.2 Å². The van der Waals surface area contributed by atoms with Crippen LogP contribution < -0.4 is 4.74 Å². The van der Waals surface area contributed by atoms with E-state index in [0.717, 1.165) is 73.0 Å². The molecule has 3 aromatic carbocycles. The van der Waals surface area contributed by atoms with Crippen LogP contribution in [0.15, 0.2) is 67.3 Å². The molecule has 1 nitrogen and oxygen atoms in total. The Morgan fingerprint density at radius 1 is 0.744 bits per heavy atom. The first-order valence-electron chi connectivity index (χ1n) is 16.6. The molecule has 2 saturated carbocycles. The molecular formula is C39H47F3O. The molecule has 230 valence electrons. The second kappa shape index (κ2) is 15.1. The van der Waals surface area contributed by atoms with Crippen LogP contribution in [0.5, 0.6) is 5.75 Å². The van der Waals surface area contributed by atoms with Crippen molar-refractivity contribution in [3.8, 4) is 28.0 Å². The van der Waals surface area contributed by atoms with Crippen LogP contribution in [0.25, 0.3) is 22.3 Å². The molecule has 0 amide bonds. The summed E-state index contributed by atoms with van der Waals surface area (Å²) in [6.45, 7) is 6.32. The highest BCUT2D eigenvalue weighted by Crippen LogP contribution is 2.45. The predicted octanol–water partition coefficient (Wildman–Crippen LogP) is 12.1. The second-order valence-corrected chi connectivity index (χ2v) is 12.9. The average Bonchev–Trinajstić information content (AvgIpc) is 3.04. The van der Waals surface area contributed by atoms with E-state index in [1.807, 2.05) is 30.3 Å². The molecule has 4 heteroatoms. The predicted molar refractivity (Wildman–Crippen MR) is 172 cm³/mol. The first kappa shape index (κ1) is 31.4. The molecule has 0 unspecified atom stereocenters. The fourth-order valence-electron chi connectivity index (χ4n) is 7.48. The van der Waals surface area contributed by atoms with Crippen molar-refractivity contribution in [1.29, 1.82) is 0 Å². The van der Waals surface area contributed by atoms with E-state index in [1.54, 1.807) is 24.3 Å². The van der Waals surface area contributed by atoms with Crippen molar-refractivity contribution in [2.75, 3.05) is 6.61 Å². The van der Waals surface area contributed by atoms with Crippen LogP contribution in [-0.4, -0.2) is 6.61 Å². The minimum Gasteiger partial charge on any atom is -0.490 e. The van der Waals surface area contributed by atoms with Crippen LogP contribution >= 0.6 is 0 Å². The molecular weight excluding hydrogens is 541 g/mol. The highest BCUT2D eigenvalue weighted by atomic mass is 19.2. The third-order valence-electron chi connectivity index (χ3n) is 10.1. The zero-order valence-corrected chi connectivity index (χ0v) is 25.7. The van der Waals surface area contributed by atoms with Crippen molar-refractivity contribution in [2.45, 2.75) is 96.3 Å². The monoisotopic (exact) mass is 588 g/mol. The SMILES string of the molecule is C=CCCC1CCC(C2CCC(c3ccc(-c4ccc(-c5ccc(OCCCCC)c(F)c5F)cc4)cc3F)CC2)CC1. The van der Waals surface area contributed by atoms with E-state index in [4.69, 9.17) is 4.74 Å². The lowest BCUT2D eigenvalue weighted by molar-refractivity contribution is 0.156. The molecule has 0 atom stereocenters. The van der Waals surface area contributed by atoms with Crippen molar-refractivity contribution >= 4 is 0 Å². The zero-order valence-electron chi connectivity index (χ0n) is 25.7. The molecule has 3 aromatic rings. The van der Waals surface area contributed by atoms with Gasteiger partial charge in [-0.05, 0) is 122 Å². The Kier molecular flexibility index (Phi) is 11.1. The third kappa shape index (κ3) is 7.75. The molecule has 0 N–H and O–H groups in total. The van der Waals surface area contributed by atoms with Crippen molar-refractivity contribution in [1.82, 2.24) is 0 Å². The highest BCUT2D eigenvalue weighted by molar-refractivity contribution is 5.71. The summed E-state index contributed by atoms with van der Waals surface area (Å²) in [6, 6.07) is 15.8. The van der Waals surface area contributed by atoms with Crippen LogP contribution in [-0.2, 0) is 0 Å². The van der Waals surface area contributed by atoms with Crippen LogP contribution in [0.4, 0.5) is 13.2 Å². The minimum atomic E-state index is -0.962. The van der Waals surface area contributed by atoms with Gasteiger partial charge in [0.05, 0.1) is 6.61 Å². The quantitative estimate of drug-likeness (QED) is 0.151. The summed E-state index contributed by atoms with van der Waals surface area (Å²) in [5.41, 5.74) is 3.22. The fraction of sp³-hybridized carbons (Fsp3) is 0.487. The summed E-state index contributed by atoms with van der Waals surface area (Å²) < 4.78 is 50.4. The Balaban J connectivity index is 1.18. The average molecular weight is 589 g/mol. The van der Waals surface area contributed by atoms with Gasteiger partial charge >= 0.3 is 0 Å². The largest absolute Gasteiger partial charge is 0.490 e. The molecule has 0 saturated heterocycles. The van der Waals surface area contributed by atoms with Gasteiger partial charge in [-0.25, -0.2) is 8.78 Å². The lowest BCUT2D eigenvalue weighted by atomic mass is 9.68. The van der Waals surface area contributed by atoms with Crippen LogP contribution in [0.3, 0.4) is 0 Å². The second-order valence-electron chi connectivity index (χ2n) is 12.9. The van der Waals surface area contributed by atoms with Crippen LogP contribution in [0.2, 0.25) is 0 Å². The Bertz CT molecular complexity index is 1330. The Labute approximate surface area is 256 Å². The highest BCUT2D eigenvalue weighted by Gasteiger charge is 2.32. The zero-order chi connectivity index (χ0) is 30.2. The molecule has 0 aliphatic heterocycles. The molecule has 2 aliphatic rings. The summed E-state index contributed by atoms with van der Waals surface area (Å²) in [7, 11) is 0. The van der Waals surface area contributed by atoms with Gasteiger partial charge in [0.15, 0.2) is 11.6 Å². The first-order valence-corrected chi connectivity index (χ1v) is 16.6. The summed E-state index contributed by atoms with van der Waals surface area (Å²) in [5.74, 6) is 0.736. The number of halogens is 3. The number of unbranched alkanes of at least 4 members (excludes halogenated alkanes) is 2. The first-order chi connectivity index (χ1) is 21.0. The topological polar surface area (TPSA) is 9.23 Å². The molecule has 2 fully saturated rings. The van der Waals surface area contributed by atoms with Crippen molar-refractivity contribution < 1.29 is 17.9 Å². The fourth-order valence-corrected chi connectivity index (χ4v) is 7.48. The van der Waals surface area contributed by atoms with Gasteiger partial charge in [-0.15, -0.1) is 6.58 Å². The van der Waals surface area contributed by atoms with Crippen LogP contribution in [0, 0.1) is 35.2 Å². The van der Waals surface area contributed by atoms with E-state index in [2.05, 4.69) is 13.5 Å². The van der Waals surface area contributed by atoms with E-state index in [9.17, 15) is 8.78 Å². The normalized spacial score (nSPS) is 22.3. The number of allylic oxidation sites excluding steroid dienone is 1. The molecule has 0 heterocycles. The third-order valence-corrected chi connectivity index (χ3v) is 10.1. The lowest BCUT2D eigenvalue weighted by Crippen LogP contribution is -2.25. The molecule has 0 bridgehead atoms. The van der Waals surface area contributed by atoms with E-state index in [1.165, 1.54) is 51.0 Å². The number of benzene rings is 3. The van der Waals surface area contributed by atoms with E-state index in [-0.39, 0.29) is 23.0 Å². The maximum atomic E-state index is 15.4. The Morgan fingerprint density at radius 2 is 1.40 bits per heavy atom. The van der Waals surface area contributed by atoms with Gasteiger partial charge in [0.2, 0.25) is 5.82 Å². The van der Waals surface area contributed by atoms with Gasteiger partial charge in [0, 0.05) is 5.56 Å². The van der Waals surface area contributed by atoms with Crippen molar-refractivity contribution in [3.63, 3.8) is 0 Å². The molecule has 43 heavy (non-hydrogen) atoms. The number of hydrogen-bond acceptors (Lipinski definition) is 1. The number of rotatable bonds is 12. The summed E-state index contributed by atoms with van der Waals surface area (Å²) in [5, 5.41) is 0. The maximum Gasteiger partial charge on any atom is 0.201 e. The van der Waals surface area contributed by atoms with Gasteiger partial charge in [-0.3, -0.25) is 0 Å². The summed E-state index contributed by atoms with van der Waals surface area (Å²) >= 11 is 0. The molecule has 0 radical (unpaired) electrons. The Morgan fingerprint density at radius 3 is 2.05 bits per heavy atom. The van der Waals surface area contributed by atoms with Gasteiger partial charge < -0.3 is 4.74 Å². The van der Waals surface area contributed by atoms with E-state index < -0.39 is 11.6 Å². The molecule has 2 aliphatic carbocycles. The van der Waals surface area contributed by atoms with E-state index >= 15 is 4.39 Å².